The molecule has 2 atom stereocenters. The van der Waals surface area contributed by atoms with Gasteiger partial charge in [0.05, 0.1) is 6.10 Å². The van der Waals surface area contributed by atoms with Crippen molar-refractivity contribution < 1.29 is 5.11 Å². The van der Waals surface area contributed by atoms with Crippen LogP contribution in [0.4, 0.5) is 0 Å². The van der Waals surface area contributed by atoms with Gasteiger partial charge < -0.3 is 10.4 Å². The largest absolute Gasteiger partial charge is 0.387 e. The Morgan fingerprint density at radius 1 is 0.870 bits per heavy atom. The summed E-state index contributed by atoms with van der Waals surface area (Å²) in [6, 6.07) is 18.8. The van der Waals surface area contributed by atoms with Crippen LogP contribution in [0.5, 0.6) is 0 Å². The first-order chi connectivity index (χ1) is 11.1. The number of rotatable bonds is 8. The van der Waals surface area contributed by atoms with Crippen molar-refractivity contribution in [2.75, 3.05) is 6.54 Å². The minimum absolute atomic E-state index is 0.0395. The van der Waals surface area contributed by atoms with Crippen LogP contribution >= 0.6 is 0 Å². The maximum Gasteiger partial charge on any atom is 0.0940 e. The number of hydrogen-bond acceptors (Lipinski definition) is 2. The van der Waals surface area contributed by atoms with E-state index in [0.717, 1.165) is 24.9 Å². The second-order valence-corrected chi connectivity index (χ2v) is 6.76. The Bertz CT molecular complexity index is 562. The van der Waals surface area contributed by atoms with Crippen LogP contribution in [0.25, 0.3) is 0 Å². The SMILES string of the molecule is CC(C)Cc1ccc(CCN[C@@H](C)[C@H](O)c2ccccc2)cc1. The van der Waals surface area contributed by atoms with E-state index in [4.69, 9.17) is 0 Å². The highest BCUT2D eigenvalue weighted by Gasteiger charge is 2.14. The van der Waals surface area contributed by atoms with Crippen LogP contribution in [-0.4, -0.2) is 17.7 Å². The molecule has 0 saturated heterocycles. The highest BCUT2D eigenvalue weighted by atomic mass is 16.3. The number of aliphatic hydroxyl groups is 1. The van der Waals surface area contributed by atoms with E-state index in [1.807, 2.05) is 37.3 Å². The average Bonchev–Trinajstić information content (AvgIpc) is 2.56. The van der Waals surface area contributed by atoms with Crippen molar-refractivity contribution >= 4 is 0 Å². The fourth-order valence-electron chi connectivity index (χ4n) is 2.81. The van der Waals surface area contributed by atoms with Gasteiger partial charge in [-0.3, -0.25) is 0 Å². The minimum Gasteiger partial charge on any atom is -0.387 e. The van der Waals surface area contributed by atoms with Crippen LogP contribution in [-0.2, 0) is 12.8 Å². The van der Waals surface area contributed by atoms with E-state index in [1.165, 1.54) is 11.1 Å². The topological polar surface area (TPSA) is 32.3 Å². The lowest BCUT2D eigenvalue weighted by Gasteiger charge is -2.20. The van der Waals surface area contributed by atoms with E-state index in [1.54, 1.807) is 0 Å². The van der Waals surface area contributed by atoms with Gasteiger partial charge in [-0.25, -0.2) is 0 Å². The van der Waals surface area contributed by atoms with Crippen LogP contribution in [0.15, 0.2) is 54.6 Å². The van der Waals surface area contributed by atoms with Gasteiger partial charge in [0.25, 0.3) is 0 Å². The van der Waals surface area contributed by atoms with Crippen molar-refractivity contribution in [3.05, 3.63) is 71.3 Å². The van der Waals surface area contributed by atoms with E-state index in [9.17, 15) is 5.11 Å². The fraction of sp³-hybridized carbons (Fsp3) is 0.429. The van der Waals surface area contributed by atoms with Crippen LogP contribution in [0.1, 0.15) is 43.6 Å². The summed E-state index contributed by atoms with van der Waals surface area (Å²) in [5.74, 6) is 0.697. The Morgan fingerprint density at radius 3 is 2.09 bits per heavy atom. The summed E-state index contributed by atoms with van der Waals surface area (Å²) in [6.07, 6.45) is 1.65. The number of nitrogens with one attached hydrogen (secondary N) is 1. The maximum atomic E-state index is 10.3. The second kappa shape index (κ2) is 8.85. The molecule has 124 valence electrons. The van der Waals surface area contributed by atoms with E-state index in [0.29, 0.717) is 5.92 Å². The molecule has 2 aromatic rings. The molecular formula is C21H29NO. The zero-order chi connectivity index (χ0) is 16.7. The predicted octanol–water partition coefficient (Wildman–Crippen LogP) is 4.14. The lowest BCUT2D eigenvalue weighted by Crippen LogP contribution is -2.33. The van der Waals surface area contributed by atoms with Crippen molar-refractivity contribution in [3.8, 4) is 0 Å². The fourth-order valence-corrected chi connectivity index (χ4v) is 2.81. The molecule has 0 spiro atoms. The van der Waals surface area contributed by atoms with Crippen molar-refractivity contribution in [2.45, 2.75) is 45.8 Å². The molecule has 2 rings (SSSR count). The molecule has 2 aromatic carbocycles. The predicted molar refractivity (Wildman–Crippen MR) is 97.6 cm³/mol. The quantitative estimate of drug-likeness (QED) is 0.768. The summed E-state index contributed by atoms with van der Waals surface area (Å²) >= 11 is 0. The first kappa shape index (κ1) is 17.7. The lowest BCUT2D eigenvalue weighted by molar-refractivity contribution is 0.136. The summed E-state index contributed by atoms with van der Waals surface area (Å²) in [6.45, 7) is 7.40. The Kier molecular flexibility index (Phi) is 6.82. The van der Waals surface area contributed by atoms with E-state index in [2.05, 4.69) is 43.4 Å². The third-order valence-corrected chi connectivity index (χ3v) is 4.16. The van der Waals surface area contributed by atoms with Gasteiger partial charge in [0.1, 0.15) is 0 Å². The summed E-state index contributed by atoms with van der Waals surface area (Å²) in [7, 11) is 0. The molecule has 23 heavy (non-hydrogen) atoms. The summed E-state index contributed by atoms with van der Waals surface area (Å²) in [5, 5.41) is 13.8. The Hall–Kier alpha value is -1.64. The van der Waals surface area contributed by atoms with Gasteiger partial charge in [0.15, 0.2) is 0 Å². The van der Waals surface area contributed by atoms with Gasteiger partial charge in [-0.1, -0.05) is 68.4 Å². The monoisotopic (exact) mass is 311 g/mol. The van der Waals surface area contributed by atoms with E-state index < -0.39 is 6.10 Å². The van der Waals surface area contributed by atoms with Crippen LogP contribution < -0.4 is 5.32 Å². The molecule has 2 nitrogen and oxygen atoms in total. The van der Waals surface area contributed by atoms with Gasteiger partial charge in [-0.2, -0.15) is 0 Å². The minimum atomic E-state index is -0.468. The molecule has 0 unspecified atom stereocenters. The zero-order valence-corrected chi connectivity index (χ0v) is 14.5. The number of aliphatic hydroxyl groups excluding tert-OH is 1. The van der Waals surface area contributed by atoms with Gasteiger partial charge in [0.2, 0.25) is 0 Å². The van der Waals surface area contributed by atoms with Gasteiger partial charge in [0, 0.05) is 6.04 Å². The maximum absolute atomic E-state index is 10.3. The smallest absolute Gasteiger partial charge is 0.0940 e. The van der Waals surface area contributed by atoms with Gasteiger partial charge in [-0.05, 0) is 48.9 Å². The third-order valence-electron chi connectivity index (χ3n) is 4.16. The Balaban J connectivity index is 1.78. The van der Waals surface area contributed by atoms with E-state index in [-0.39, 0.29) is 6.04 Å². The molecular weight excluding hydrogens is 282 g/mol. The first-order valence-electron chi connectivity index (χ1n) is 8.60. The zero-order valence-electron chi connectivity index (χ0n) is 14.5. The normalized spacial score (nSPS) is 14.0. The van der Waals surface area contributed by atoms with Crippen LogP contribution in [0.3, 0.4) is 0 Å². The molecule has 0 radical (unpaired) electrons. The van der Waals surface area contributed by atoms with Crippen molar-refractivity contribution in [1.82, 2.24) is 5.32 Å². The van der Waals surface area contributed by atoms with Gasteiger partial charge in [-0.15, -0.1) is 0 Å². The number of hydrogen-bond donors (Lipinski definition) is 2. The molecule has 2 N–H and O–H groups in total. The molecule has 0 aliphatic carbocycles. The van der Waals surface area contributed by atoms with Crippen molar-refractivity contribution in [1.29, 1.82) is 0 Å². The average molecular weight is 311 g/mol. The summed E-state index contributed by atoms with van der Waals surface area (Å²) in [4.78, 5) is 0. The summed E-state index contributed by atoms with van der Waals surface area (Å²) < 4.78 is 0. The molecule has 0 heterocycles. The molecule has 2 heteroatoms. The third kappa shape index (κ3) is 5.81. The van der Waals surface area contributed by atoms with E-state index >= 15 is 0 Å². The van der Waals surface area contributed by atoms with Gasteiger partial charge >= 0.3 is 0 Å². The molecule has 0 saturated carbocycles. The Labute approximate surface area is 140 Å². The summed E-state index contributed by atoms with van der Waals surface area (Å²) in [5.41, 5.74) is 3.71. The highest BCUT2D eigenvalue weighted by molar-refractivity contribution is 5.23. The first-order valence-corrected chi connectivity index (χ1v) is 8.60. The molecule has 0 aliphatic rings. The van der Waals surface area contributed by atoms with Crippen molar-refractivity contribution in [2.24, 2.45) is 5.92 Å². The molecule has 0 fully saturated rings. The molecule has 0 amide bonds. The standard InChI is InChI=1S/C21H29NO/c1-16(2)15-19-11-9-18(10-12-19)13-14-22-17(3)21(23)20-7-5-4-6-8-20/h4-12,16-17,21-23H,13-15H2,1-3H3/t17-,21-/m0/s1. The molecule has 0 aliphatic heterocycles. The molecule has 0 aromatic heterocycles. The molecule has 0 bridgehead atoms. The van der Waals surface area contributed by atoms with Crippen LogP contribution in [0, 0.1) is 5.92 Å². The second-order valence-electron chi connectivity index (χ2n) is 6.76. The van der Waals surface area contributed by atoms with Crippen LogP contribution in [0.2, 0.25) is 0 Å². The Morgan fingerprint density at radius 2 is 1.48 bits per heavy atom. The lowest BCUT2D eigenvalue weighted by atomic mass is 10.0. The number of benzene rings is 2. The highest BCUT2D eigenvalue weighted by Crippen LogP contribution is 2.16. The van der Waals surface area contributed by atoms with Crippen molar-refractivity contribution in [3.63, 3.8) is 0 Å².